The Bertz CT molecular complexity index is 575. The zero-order chi connectivity index (χ0) is 14.8. The lowest BCUT2D eigenvalue weighted by atomic mass is 10.1. The summed E-state index contributed by atoms with van der Waals surface area (Å²) in [5.74, 6) is 1.76. The molecular formula is C13H20N2O3S2. The quantitative estimate of drug-likeness (QED) is 0.643. The van der Waals surface area contributed by atoms with Crippen molar-refractivity contribution in [1.29, 1.82) is 0 Å². The monoisotopic (exact) mass is 316 g/mol. The molecule has 3 N–H and O–H groups in total. The van der Waals surface area contributed by atoms with Gasteiger partial charge in [0.25, 0.3) is 0 Å². The van der Waals surface area contributed by atoms with Crippen LogP contribution in [0.3, 0.4) is 0 Å². The number of aromatic hydroxyl groups is 1. The zero-order valence-corrected chi connectivity index (χ0v) is 13.1. The van der Waals surface area contributed by atoms with Crippen LogP contribution in [0.25, 0.3) is 0 Å². The van der Waals surface area contributed by atoms with E-state index in [4.69, 9.17) is 5.73 Å². The van der Waals surface area contributed by atoms with Crippen LogP contribution in [0.1, 0.15) is 12.5 Å². The van der Waals surface area contributed by atoms with Crippen LogP contribution >= 0.6 is 11.8 Å². The highest BCUT2D eigenvalue weighted by atomic mass is 32.2. The maximum Gasteiger partial charge on any atom is 0.166 e. The minimum Gasteiger partial charge on any atom is -0.506 e. The van der Waals surface area contributed by atoms with Crippen molar-refractivity contribution in [2.45, 2.75) is 18.8 Å². The van der Waals surface area contributed by atoms with Gasteiger partial charge >= 0.3 is 0 Å². The first-order valence-electron chi connectivity index (χ1n) is 6.54. The molecule has 0 spiro atoms. The Hall–Kier alpha value is -0.920. The molecule has 5 nitrogen and oxygen atoms in total. The average Bonchev–Trinajstić information content (AvgIpc) is 2.43. The molecule has 0 amide bonds. The Balaban J connectivity index is 2.18. The van der Waals surface area contributed by atoms with Crippen molar-refractivity contribution < 1.29 is 13.5 Å². The number of phenolic OH excluding ortho intramolecular Hbond substituents is 1. The zero-order valence-electron chi connectivity index (χ0n) is 11.4. The second kappa shape index (κ2) is 6.24. The number of nitrogens with zero attached hydrogens (tertiary/aromatic N) is 1. The highest BCUT2D eigenvalue weighted by Gasteiger charge is 2.32. The van der Waals surface area contributed by atoms with E-state index in [-0.39, 0.29) is 11.5 Å². The Labute approximate surface area is 124 Å². The van der Waals surface area contributed by atoms with Crippen LogP contribution in [0.15, 0.2) is 18.2 Å². The van der Waals surface area contributed by atoms with Gasteiger partial charge in [0.15, 0.2) is 9.84 Å². The molecule has 0 aliphatic carbocycles. The molecule has 1 atom stereocenters. The van der Waals surface area contributed by atoms with Gasteiger partial charge < -0.3 is 10.8 Å². The molecular weight excluding hydrogens is 296 g/mol. The van der Waals surface area contributed by atoms with E-state index in [1.807, 2.05) is 4.90 Å². The highest BCUT2D eigenvalue weighted by Crippen LogP contribution is 2.26. The Morgan fingerprint density at radius 2 is 2.25 bits per heavy atom. The van der Waals surface area contributed by atoms with Crippen LogP contribution in [0.2, 0.25) is 0 Å². The van der Waals surface area contributed by atoms with Gasteiger partial charge in [-0.25, -0.2) is 8.42 Å². The van der Waals surface area contributed by atoms with Crippen LogP contribution in [0, 0.1) is 0 Å². The number of benzene rings is 1. The third-order valence-corrected chi connectivity index (χ3v) is 6.82. The molecule has 0 saturated carbocycles. The van der Waals surface area contributed by atoms with Crippen LogP contribution in [-0.4, -0.2) is 47.6 Å². The second-order valence-corrected chi connectivity index (χ2v) is 8.44. The van der Waals surface area contributed by atoms with Gasteiger partial charge in [0.05, 0.1) is 5.69 Å². The molecule has 1 saturated heterocycles. The number of sulfone groups is 1. The first-order valence-corrected chi connectivity index (χ1v) is 9.42. The third kappa shape index (κ3) is 3.39. The Morgan fingerprint density at radius 1 is 1.50 bits per heavy atom. The highest BCUT2D eigenvalue weighted by molar-refractivity contribution is 8.01. The number of nitrogens with two attached hydrogens (primary N) is 1. The number of rotatable bonds is 4. The Kier molecular flexibility index (Phi) is 4.82. The van der Waals surface area contributed by atoms with Crippen LogP contribution in [-0.2, 0) is 16.4 Å². The van der Waals surface area contributed by atoms with Gasteiger partial charge in [0.2, 0.25) is 0 Å². The normalized spacial score (nSPS) is 20.9. The average molecular weight is 316 g/mol. The molecule has 7 heteroatoms. The second-order valence-electron chi connectivity index (χ2n) is 4.84. The van der Waals surface area contributed by atoms with E-state index in [9.17, 15) is 13.5 Å². The van der Waals surface area contributed by atoms with Crippen molar-refractivity contribution in [3.05, 3.63) is 23.8 Å². The van der Waals surface area contributed by atoms with E-state index in [0.29, 0.717) is 18.0 Å². The van der Waals surface area contributed by atoms with E-state index in [0.717, 1.165) is 17.9 Å². The summed E-state index contributed by atoms with van der Waals surface area (Å²) in [7, 11) is -3.08. The summed E-state index contributed by atoms with van der Waals surface area (Å²) in [5, 5.41) is 9.00. The van der Waals surface area contributed by atoms with Gasteiger partial charge in [-0.1, -0.05) is 13.0 Å². The molecule has 1 aliphatic rings. The fraction of sp³-hybridized carbons (Fsp3) is 0.538. The van der Waals surface area contributed by atoms with Gasteiger partial charge in [-0.05, 0) is 17.7 Å². The predicted octanol–water partition coefficient (Wildman–Crippen LogP) is 1.28. The van der Waals surface area contributed by atoms with Crippen LogP contribution in [0.5, 0.6) is 5.75 Å². The lowest BCUT2D eigenvalue weighted by molar-refractivity contribution is 0.261. The molecule has 1 unspecified atom stereocenters. The van der Waals surface area contributed by atoms with Gasteiger partial charge in [-0.3, -0.25) is 4.90 Å². The molecule has 20 heavy (non-hydrogen) atoms. The summed E-state index contributed by atoms with van der Waals surface area (Å²) in [6.07, 6.45) is 0. The molecule has 0 radical (unpaired) electrons. The minimum absolute atomic E-state index is 0.0562. The summed E-state index contributed by atoms with van der Waals surface area (Å²) < 4.78 is 24.3. The molecule has 1 aromatic rings. The largest absolute Gasteiger partial charge is 0.506 e. The van der Waals surface area contributed by atoms with Gasteiger partial charge in [0.1, 0.15) is 11.1 Å². The molecule has 1 heterocycles. The standard InChI is InChI=1S/C13H20N2O3S2/c1-2-20(17,18)13-9-19-6-5-15(13)8-10-3-4-12(16)11(14)7-10/h3-4,7,13,16H,2,5-6,8-9,14H2,1H3. The maximum atomic E-state index is 12.2. The molecule has 2 rings (SSSR count). The van der Waals surface area contributed by atoms with Crippen molar-refractivity contribution in [3.8, 4) is 5.75 Å². The van der Waals surface area contributed by atoms with Gasteiger partial charge in [-0.15, -0.1) is 0 Å². The van der Waals surface area contributed by atoms with E-state index < -0.39 is 15.2 Å². The molecule has 112 valence electrons. The van der Waals surface area contributed by atoms with Crippen molar-refractivity contribution in [2.24, 2.45) is 0 Å². The van der Waals surface area contributed by atoms with Crippen LogP contribution < -0.4 is 5.73 Å². The summed E-state index contributed by atoms with van der Waals surface area (Å²) in [6.45, 7) is 2.97. The Morgan fingerprint density at radius 3 is 2.90 bits per heavy atom. The molecule has 0 aromatic heterocycles. The predicted molar refractivity (Wildman–Crippen MR) is 83.5 cm³/mol. The maximum absolute atomic E-state index is 12.2. The smallest absolute Gasteiger partial charge is 0.166 e. The van der Waals surface area contributed by atoms with E-state index in [2.05, 4.69) is 0 Å². The van der Waals surface area contributed by atoms with Crippen molar-refractivity contribution in [1.82, 2.24) is 4.90 Å². The van der Waals surface area contributed by atoms with Gasteiger partial charge in [-0.2, -0.15) is 11.8 Å². The number of nitrogen functional groups attached to an aromatic ring is 1. The number of phenols is 1. The van der Waals surface area contributed by atoms with E-state index in [1.165, 1.54) is 0 Å². The van der Waals surface area contributed by atoms with Gasteiger partial charge in [0, 0.05) is 30.3 Å². The van der Waals surface area contributed by atoms with E-state index >= 15 is 0 Å². The molecule has 1 aliphatic heterocycles. The molecule has 1 aromatic carbocycles. The summed E-state index contributed by atoms with van der Waals surface area (Å²) in [4.78, 5) is 1.99. The SMILES string of the molecule is CCS(=O)(=O)C1CSCCN1Cc1ccc(O)c(N)c1. The number of hydrogen-bond donors (Lipinski definition) is 2. The summed E-state index contributed by atoms with van der Waals surface area (Å²) >= 11 is 1.68. The van der Waals surface area contributed by atoms with Crippen molar-refractivity contribution >= 4 is 27.3 Å². The van der Waals surface area contributed by atoms with E-state index in [1.54, 1.807) is 36.9 Å². The first kappa shape index (κ1) is 15.5. The topological polar surface area (TPSA) is 83.6 Å². The lowest BCUT2D eigenvalue weighted by Gasteiger charge is -2.34. The molecule has 1 fully saturated rings. The summed E-state index contributed by atoms with van der Waals surface area (Å²) in [5.41, 5.74) is 6.92. The van der Waals surface area contributed by atoms with Crippen molar-refractivity contribution in [3.63, 3.8) is 0 Å². The fourth-order valence-electron chi connectivity index (χ4n) is 2.26. The van der Waals surface area contributed by atoms with Crippen molar-refractivity contribution in [2.75, 3.05) is 29.5 Å². The first-order chi connectivity index (χ1) is 9.44. The van der Waals surface area contributed by atoms with Crippen LogP contribution in [0.4, 0.5) is 5.69 Å². The third-order valence-electron chi connectivity index (χ3n) is 3.49. The minimum atomic E-state index is -3.08. The number of hydrogen-bond acceptors (Lipinski definition) is 6. The lowest BCUT2D eigenvalue weighted by Crippen LogP contribution is -2.47. The summed E-state index contributed by atoms with van der Waals surface area (Å²) in [6, 6.07) is 5.03. The fourth-order valence-corrected chi connectivity index (χ4v) is 5.34. The number of thioether (sulfide) groups is 1. The number of anilines is 1. The molecule has 0 bridgehead atoms.